The summed E-state index contributed by atoms with van der Waals surface area (Å²) in [4.78, 5) is 26.3. The molecule has 0 saturated carbocycles. The molecule has 1 saturated heterocycles. The molecule has 0 spiro atoms. The molecule has 1 heterocycles. The molecule has 1 fully saturated rings. The summed E-state index contributed by atoms with van der Waals surface area (Å²) >= 11 is 0. The van der Waals surface area contributed by atoms with Crippen molar-refractivity contribution in [2.75, 3.05) is 13.1 Å². The van der Waals surface area contributed by atoms with Crippen molar-refractivity contribution < 1.29 is 9.59 Å². The van der Waals surface area contributed by atoms with Gasteiger partial charge in [0.25, 0.3) is 0 Å². The van der Waals surface area contributed by atoms with Gasteiger partial charge in [-0.25, -0.2) is 4.79 Å². The van der Waals surface area contributed by atoms with Gasteiger partial charge in [-0.2, -0.15) is 0 Å². The molecule has 3 amide bonds. The first kappa shape index (κ1) is 17.3. The molecule has 0 aliphatic carbocycles. The molecular formula is C18H27N3O2. The van der Waals surface area contributed by atoms with Crippen LogP contribution in [0.25, 0.3) is 0 Å². The minimum atomic E-state index is -0.241. The van der Waals surface area contributed by atoms with Crippen LogP contribution in [-0.4, -0.2) is 35.5 Å². The minimum absolute atomic E-state index is 0.0399. The number of benzene rings is 1. The van der Waals surface area contributed by atoms with E-state index in [1.807, 2.05) is 51.1 Å². The van der Waals surface area contributed by atoms with Crippen molar-refractivity contribution in [2.45, 2.75) is 45.7 Å². The predicted octanol–water partition coefficient (Wildman–Crippen LogP) is 2.52. The largest absolute Gasteiger partial charge is 0.351 e. The van der Waals surface area contributed by atoms with Crippen LogP contribution < -0.4 is 10.6 Å². The van der Waals surface area contributed by atoms with E-state index in [0.29, 0.717) is 19.6 Å². The quantitative estimate of drug-likeness (QED) is 0.900. The molecule has 23 heavy (non-hydrogen) atoms. The Bertz CT molecular complexity index is 537. The lowest BCUT2D eigenvalue weighted by atomic mass is 9.96. The highest BCUT2D eigenvalue weighted by Gasteiger charge is 2.29. The van der Waals surface area contributed by atoms with Crippen molar-refractivity contribution in [1.82, 2.24) is 15.5 Å². The highest BCUT2D eigenvalue weighted by molar-refractivity contribution is 5.81. The Balaban J connectivity index is 1.85. The fraction of sp³-hybridized carbons (Fsp3) is 0.556. The van der Waals surface area contributed by atoms with E-state index in [2.05, 4.69) is 10.6 Å². The Hall–Kier alpha value is -2.04. The molecule has 1 unspecified atom stereocenters. The Morgan fingerprint density at radius 1 is 1.22 bits per heavy atom. The Kier molecular flexibility index (Phi) is 5.64. The van der Waals surface area contributed by atoms with E-state index in [-0.39, 0.29) is 23.4 Å². The van der Waals surface area contributed by atoms with Crippen LogP contribution in [0.15, 0.2) is 30.3 Å². The molecule has 0 aromatic heterocycles. The molecule has 1 atom stereocenters. The summed E-state index contributed by atoms with van der Waals surface area (Å²) < 4.78 is 0. The Labute approximate surface area is 138 Å². The summed E-state index contributed by atoms with van der Waals surface area (Å²) in [6.45, 7) is 7.62. The van der Waals surface area contributed by atoms with Crippen LogP contribution in [-0.2, 0) is 11.3 Å². The third-order valence-corrected chi connectivity index (χ3v) is 3.86. The second-order valence-electron chi connectivity index (χ2n) is 7.17. The average molecular weight is 317 g/mol. The number of carbonyl (C=O) groups excluding carboxylic acids is 2. The Morgan fingerprint density at radius 3 is 2.57 bits per heavy atom. The van der Waals surface area contributed by atoms with Crippen molar-refractivity contribution in [2.24, 2.45) is 5.92 Å². The van der Waals surface area contributed by atoms with Gasteiger partial charge in [-0.15, -0.1) is 0 Å². The summed E-state index contributed by atoms with van der Waals surface area (Å²) in [6.07, 6.45) is 1.70. The molecule has 1 aliphatic heterocycles. The Morgan fingerprint density at radius 2 is 1.91 bits per heavy atom. The summed E-state index contributed by atoms with van der Waals surface area (Å²) in [6, 6.07) is 9.73. The topological polar surface area (TPSA) is 61.4 Å². The zero-order valence-corrected chi connectivity index (χ0v) is 14.3. The van der Waals surface area contributed by atoms with Gasteiger partial charge in [-0.1, -0.05) is 30.3 Å². The highest BCUT2D eigenvalue weighted by Crippen LogP contribution is 2.18. The minimum Gasteiger partial charge on any atom is -0.351 e. The van der Waals surface area contributed by atoms with Crippen molar-refractivity contribution in [1.29, 1.82) is 0 Å². The lowest BCUT2D eigenvalue weighted by Gasteiger charge is -2.33. The van der Waals surface area contributed by atoms with E-state index in [9.17, 15) is 9.59 Å². The van der Waals surface area contributed by atoms with Gasteiger partial charge in [0.1, 0.15) is 0 Å². The number of likely N-dealkylation sites (tertiary alicyclic amines) is 1. The SMILES string of the molecule is CC(C)(C)NC(=O)C1CCCN(C(=O)NCc2ccccc2)C1. The van der Waals surface area contributed by atoms with Gasteiger partial charge in [-0.05, 0) is 39.2 Å². The van der Waals surface area contributed by atoms with Crippen LogP contribution in [0.2, 0.25) is 0 Å². The van der Waals surface area contributed by atoms with Crippen molar-refractivity contribution in [3.05, 3.63) is 35.9 Å². The van der Waals surface area contributed by atoms with Crippen LogP contribution >= 0.6 is 0 Å². The maximum atomic E-state index is 12.3. The lowest BCUT2D eigenvalue weighted by Crippen LogP contribution is -2.51. The molecule has 1 aliphatic rings. The fourth-order valence-corrected chi connectivity index (χ4v) is 2.73. The first-order chi connectivity index (χ1) is 10.8. The van der Waals surface area contributed by atoms with Gasteiger partial charge in [0.2, 0.25) is 5.91 Å². The number of carbonyl (C=O) groups is 2. The zero-order valence-electron chi connectivity index (χ0n) is 14.3. The van der Waals surface area contributed by atoms with Gasteiger partial charge in [-0.3, -0.25) is 4.79 Å². The second kappa shape index (κ2) is 7.49. The van der Waals surface area contributed by atoms with Crippen LogP contribution in [0, 0.1) is 5.92 Å². The van der Waals surface area contributed by atoms with Crippen LogP contribution in [0.5, 0.6) is 0 Å². The van der Waals surface area contributed by atoms with E-state index in [0.717, 1.165) is 18.4 Å². The number of hydrogen-bond donors (Lipinski definition) is 2. The van der Waals surface area contributed by atoms with E-state index in [1.165, 1.54) is 0 Å². The average Bonchev–Trinajstić information content (AvgIpc) is 2.52. The van der Waals surface area contributed by atoms with Crippen molar-refractivity contribution in [3.8, 4) is 0 Å². The fourth-order valence-electron chi connectivity index (χ4n) is 2.73. The normalized spacial score (nSPS) is 18.4. The third kappa shape index (κ3) is 5.58. The van der Waals surface area contributed by atoms with E-state index >= 15 is 0 Å². The number of amides is 3. The molecule has 2 rings (SSSR count). The monoisotopic (exact) mass is 317 g/mol. The second-order valence-corrected chi connectivity index (χ2v) is 7.17. The molecular weight excluding hydrogens is 290 g/mol. The first-order valence-electron chi connectivity index (χ1n) is 8.24. The standard InChI is InChI=1S/C18H27N3O2/c1-18(2,3)20-16(22)15-10-7-11-21(13-15)17(23)19-12-14-8-5-4-6-9-14/h4-6,8-9,15H,7,10-13H2,1-3H3,(H,19,23)(H,20,22). The van der Waals surface area contributed by atoms with Crippen LogP contribution in [0.1, 0.15) is 39.2 Å². The summed E-state index contributed by atoms with van der Waals surface area (Å²) in [5.74, 6) is -0.0801. The molecule has 1 aromatic carbocycles. The van der Waals surface area contributed by atoms with Gasteiger partial charge in [0, 0.05) is 25.2 Å². The molecule has 126 valence electrons. The number of nitrogens with zero attached hydrogens (tertiary/aromatic N) is 1. The van der Waals surface area contributed by atoms with Crippen molar-refractivity contribution in [3.63, 3.8) is 0 Å². The smallest absolute Gasteiger partial charge is 0.317 e. The van der Waals surface area contributed by atoms with E-state index in [1.54, 1.807) is 4.90 Å². The number of urea groups is 1. The third-order valence-electron chi connectivity index (χ3n) is 3.86. The molecule has 0 bridgehead atoms. The number of rotatable bonds is 3. The summed E-state index contributed by atoms with van der Waals surface area (Å²) in [5.41, 5.74) is 0.828. The molecule has 5 nitrogen and oxygen atoms in total. The molecule has 5 heteroatoms. The maximum absolute atomic E-state index is 12.3. The molecule has 2 N–H and O–H groups in total. The van der Waals surface area contributed by atoms with Crippen LogP contribution in [0.3, 0.4) is 0 Å². The maximum Gasteiger partial charge on any atom is 0.317 e. The zero-order chi connectivity index (χ0) is 16.9. The highest BCUT2D eigenvalue weighted by atomic mass is 16.2. The number of nitrogens with one attached hydrogen (secondary N) is 2. The summed E-state index contributed by atoms with van der Waals surface area (Å²) in [7, 11) is 0. The number of piperidine rings is 1. The lowest BCUT2D eigenvalue weighted by molar-refractivity contribution is -0.127. The van der Waals surface area contributed by atoms with E-state index < -0.39 is 0 Å². The van der Waals surface area contributed by atoms with Gasteiger partial charge >= 0.3 is 6.03 Å². The van der Waals surface area contributed by atoms with Crippen molar-refractivity contribution >= 4 is 11.9 Å². The van der Waals surface area contributed by atoms with Gasteiger partial charge in [0.05, 0.1) is 5.92 Å². The number of hydrogen-bond acceptors (Lipinski definition) is 2. The van der Waals surface area contributed by atoms with E-state index in [4.69, 9.17) is 0 Å². The van der Waals surface area contributed by atoms with Gasteiger partial charge < -0.3 is 15.5 Å². The summed E-state index contributed by atoms with van der Waals surface area (Å²) in [5, 5.41) is 5.94. The first-order valence-corrected chi connectivity index (χ1v) is 8.24. The van der Waals surface area contributed by atoms with Gasteiger partial charge in [0.15, 0.2) is 0 Å². The predicted molar refractivity (Wildman–Crippen MR) is 90.9 cm³/mol. The van der Waals surface area contributed by atoms with Crippen LogP contribution in [0.4, 0.5) is 4.79 Å². The molecule has 1 aromatic rings. The molecule has 0 radical (unpaired) electrons.